The first kappa shape index (κ1) is 19.9. The molecule has 0 fully saturated rings. The van der Waals surface area contributed by atoms with E-state index in [1.165, 1.54) is 0 Å². The highest BCUT2D eigenvalue weighted by molar-refractivity contribution is 9.10. The fourth-order valence-corrected chi connectivity index (χ4v) is 3.33. The topological polar surface area (TPSA) is 41.5 Å². The number of hydrogen-bond donors (Lipinski definition) is 2. The van der Waals surface area contributed by atoms with E-state index in [1.54, 1.807) is 0 Å². The van der Waals surface area contributed by atoms with E-state index >= 15 is 0 Å². The van der Waals surface area contributed by atoms with E-state index in [2.05, 4.69) is 21.2 Å². The van der Waals surface area contributed by atoms with E-state index in [0.717, 1.165) is 26.9 Å². The Morgan fingerprint density at radius 1 is 0.963 bits per heavy atom. The molecule has 3 nitrogen and oxygen atoms in total. The maximum absolute atomic E-state index is 10.3. The molecule has 1 atom stereocenters. The predicted octanol–water partition coefficient (Wildman–Crippen LogP) is 5.50. The molecule has 3 aromatic rings. The molecule has 2 N–H and O–H groups in total. The summed E-state index contributed by atoms with van der Waals surface area (Å²) in [6.07, 6.45) is -0.550. The van der Waals surface area contributed by atoms with Crippen LogP contribution in [0.25, 0.3) is 0 Å². The zero-order chi connectivity index (χ0) is 19.1. The Morgan fingerprint density at radius 3 is 2.48 bits per heavy atom. The molecule has 0 heterocycles. The minimum Gasteiger partial charge on any atom is -0.489 e. The molecule has 0 aliphatic heterocycles. The fourth-order valence-electron chi connectivity index (χ4n) is 2.73. The van der Waals surface area contributed by atoms with E-state index < -0.39 is 6.10 Å². The van der Waals surface area contributed by atoms with Crippen LogP contribution in [0.3, 0.4) is 0 Å². The maximum atomic E-state index is 10.3. The third kappa shape index (κ3) is 5.81. The highest BCUT2D eigenvalue weighted by atomic mass is 79.9. The van der Waals surface area contributed by atoms with Gasteiger partial charge in [-0.3, -0.25) is 0 Å². The highest BCUT2D eigenvalue weighted by Crippen LogP contribution is 2.25. The van der Waals surface area contributed by atoms with Crippen molar-refractivity contribution in [3.8, 4) is 5.75 Å². The first-order valence-electron chi connectivity index (χ1n) is 8.72. The van der Waals surface area contributed by atoms with Gasteiger partial charge in [-0.1, -0.05) is 76.1 Å². The van der Waals surface area contributed by atoms with Gasteiger partial charge in [0.05, 0.1) is 6.10 Å². The van der Waals surface area contributed by atoms with Gasteiger partial charge in [0, 0.05) is 33.7 Å². The van der Waals surface area contributed by atoms with Gasteiger partial charge in [0.25, 0.3) is 0 Å². The minimum atomic E-state index is -0.550. The molecule has 5 heteroatoms. The maximum Gasteiger partial charge on any atom is 0.124 e. The molecule has 0 saturated heterocycles. The lowest BCUT2D eigenvalue weighted by atomic mass is 10.1. The first-order valence-corrected chi connectivity index (χ1v) is 9.89. The fraction of sp³-hybridized carbons (Fsp3) is 0.182. The smallest absolute Gasteiger partial charge is 0.124 e. The lowest BCUT2D eigenvalue weighted by Crippen LogP contribution is -2.21. The monoisotopic (exact) mass is 445 g/mol. The lowest BCUT2D eigenvalue weighted by Gasteiger charge is -2.15. The van der Waals surface area contributed by atoms with Gasteiger partial charge in [0.15, 0.2) is 0 Å². The van der Waals surface area contributed by atoms with Crippen molar-refractivity contribution in [2.45, 2.75) is 19.3 Å². The predicted molar refractivity (Wildman–Crippen MR) is 113 cm³/mol. The van der Waals surface area contributed by atoms with E-state index in [1.807, 2.05) is 72.8 Å². The number of halogens is 2. The normalized spacial score (nSPS) is 12.0. The van der Waals surface area contributed by atoms with Crippen molar-refractivity contribution in [3.63, 3.8) is 0 Å². The van der Waals surface area contributed by atoms with Crippen LogP contribution in [0.2, 0.25) is 5.02 Å². The Bertz CT molecular complexity index is 873. The van der Waals surface area contributed by atoms with Gasteiger partial charge in [-0.15, -0.1) is 0 Å². The van der Waals surface area contributed by atoms with E-state index in [-0.39, 0.29) is 0 Å². The van der Waals surface area contributed by atoms with Crippen LogP contribution in [-0.2, 0) is 13.2 Å². The van der Waals surface area contributed by atoms with E-state index in [4.69, 9.17) is 16.3 Å². The van der Waals surface area contributed by atoms with Gasteiger partial charge >= 0.3 is 0 Å². The molecule has 140 valence electrons. The van der Waals surface area contributed by atoms with Gasteiger partial charge in [-0.2, -0.15) is 0 Å². The van der Waals surface area contributed by atoms with Gasteiger partial charge < -0.3 is 15.2 Å². The molecule has 0 amide bonds. The summed E-state index contributed by atoms with van der Waals surface area (Å²) in [6, 6.07) is 23.2. The zero-order valence-corrected chi connectivity index (χ0v) is 17.1. The molecule has 0 spiro atoms. The van der Waals surface area contributed by atoms with Crippen molar-refractivity contribution in [3.05, 3.63) is 99.0 Å². The Labute approximate surface area is 173 Å². The Morgan fingerprint density at radius 2 is 1.70 bits per heavy atom. The number of aliphatic hydroxyl groups is 1. The van der Waals surface area contributed by atoms with Crippen LogP contribution in [0.1, 0.15) is 22.8 Å². The van der Waals surface area contributed by atoms with Crippen molar-refractivity contribution in [1.29, 1.82) is 0 Å². The summed E-state index contributed by atoms with van der Waals surface area (Å²) in [5.74, 6) is 0.792. The van der Waals surface area contributed by atoms with Gasteiger partial charge in [-0.05, 0) is 29.8 Å². The summed E-state index contributed by atoms with van der Waals surface area (Å²) in [7, 11) is 0. The van der Waals surface area contributed by atoms with Crippen LogP contribution in [0.4, 0.5) is 0 Å². The van der Waals surface area contributed by atoms with Gasteiger partial charge in [-0.25, -0.2) is 0 Å². The quantitative estimate of drug-likeness (QED) is 0.480. The third-order valence-electron chi connectivity index (χ3n) is 4.20. The Balaban J connectivity index is 1.61. The zero-order valence-electron chi connectivity index (χ0n) is 14.7. The van der Waals surface area contributed by atoms with Gasteiger partial charge in [0.1, 0.15) is 12.4 Å². The van der Waals surface area contributed by atoms with Crippen molar-refractivity contribution >= 4 is 27.5 Å². The SMILES string of the molecule is OC(CNCc1cc(Br)ccc1OCc1ccccc1Cl)c1ccccc1. The minimum absolute atomic E-state index is 0.404. The lowest BCUT2D eigenvalue weighted by molar-refractivity contribution is 0.174. The summed E-state index contributed by atoms with van der Waals surface area (Å²) in [4.78, 5) is 0. The van der Waals surface area contributed by atoms with Crippen molar-refractivity contribution < 1.29 is 9.84 Å². The number of benzene rings is 3. The first-order chi connectivity index (χ1) is 13.1. The molecule has 0 bridgehead atoms. The van der Waals surface area contributed by atoms with Crippen LogP contribution in [0.5, 0.6) is 5.75 Å². The molecular formula is C22H21BrClNO2. The van der Waals surface area contributed by atoms with Crippen LogP contribution in [0, 0.1) is 0 Å². The molecule has 3 rings (SSSR count). The van der Waals surface area contributed by atoms with Crippen LogP contribution < -0.4 is 10.1 Å². The second-order valence-electron chi connectivity index (χ2n) is 6.19. The number of nitrogens with one attached hydrogen (secondary N) is 1. The average Bonchev–Trinajstić information content (AvgIpc) is 2.69. The molecule has 0 aliphatic carbocycles. The number of aliphatic hydroxyl groups excluding tert-OH is 1. The molecule has 0 radical (unpaired) electrons. The molecule has 0 saturated carbocycles. The standard InChI is InChI=1S/C22H21BrClNO2/c23-19-10-11-22(27-15-17-8-4-5-9-20(17)24)18(12-19)13-25-14-21(26)16-6-2-1-3-7-16/h1-12,21,25-26H,13-15H2. The van der Waals surface area contributed by atoms with Crippen LogP contribution in [-0.4, -0.2) is 11.7 Å². The Hall–Kier alpha value is -1.85. The summed E-state index contributed by atoms with van der Waals surface area (Å²) in [5, 5.41) is 14.3. The summed E-state index contributed by atoms with van der Waals surface area (Å²) in [5.41, 5.74) is 2.85. The van der Waals surface area contributed by atoms with Crippen LogP contribution in [0.15, 0.2) is 77.3 Å². The van der Waals surface area contributed by atoms with Crippen molar-refractivity contribution in [2.75, 3.05) is 6.54 Å². The highest BCUT2D eigenvalue weighted by Gasteiger charge is 2.09. The number of rotatable bonds is 8. The van der Waals surface area contributed by atoms with Gasteiger partial charge in [0.2, 0.25) is 0 Å². The molecule has 1 unspecified atom stereocenters. The number of ether oxygens (including phenoxy) is 1. The van der Waals surface area contributed by atoms with Crippen molar-refractivity contribution in [2.24, 2.45) is 0 Å². The summed E-state index contributed by atoms with van der Waals surface area (Å²) < 4.78 is 6.97. The molecule has 0 aliphatic rings. The van der Waals surface area contributed by atoms with Crippen molar-refractivity contribution in [1.82, 2.24) is 5.32 Å². The summed E-state index contributed by atoms with van der Waals surface area (Å²) in [6.45, 7) is 1.45. The second kappa shape index (κ2) is 9.90. The molecule has 0 aromatic heterocycles. The third-order valence-corrected chi connectivity index (χ3v) is 5.06. The van der Waals surface area contributed by atoms with Crippen LogP contribution >= 0.6 is 27.5 Å². The number of hydrogen-bond acceptors (Lipinski definition) is 3. The van der Waals surface area contributed by atoms with E-state index in [0.29, 0.717) is 24.7 Å². The molecular weight excluding hydrogens is 426 g/mol. The molecule has 27 heavy (non-hydrogen) atoms. The molecule has 3 aromatic carbocycles. The summed E-state index contributed by atoms with van der Waals surface area (Å²) >= 11 is 9.71. The average molecular weight is 447 g/mol. The largest absolute Gasteiger partial charge is 0.489 e. The van der Waals surface area contributed by atoms with E-state index in [9.17, 15) is 5.11 Å². The second-order valence-corrected chi connectivity index (χ2v) is 7.51. The Kier molecular flexibility index (Phi) is 7.30.